The lowest BCUT2D eigenvalue weighted by Gasteiger charge is -2.07. The maximum atomic E-state index is 11.9. The molecule has 0 aliphatic carbocycles. The van der Waals surface area contributed by atoms with E-state index in [4.69, 9.17) is 9.84 Å². The van der Waals surface area contributed by atoms with Crippen molar-refractivity contribution in [2.24, 2.45) is 0 Å². The van der Waals surface area contributed by atoms with Crippen molar-refractivity contribution < 1.29 is 23.1 Å². The number of H-pyrrole nitrogens is 1. The molecule has 0 radical (unpaired) electrons. The molecule has 1 aromatic heterocycles. The summed E-state index contributed by atoms with van der Waals surface area (Å²) < 4.78 is 31.0. The Morgan fingerprint density at radius 2 is 2.05 bits per heavy atom. The van der Waals surface area contributed by atoms with E-state index in [1.807, 2.05) is 0 Å². The minimum Gasteiger partial charge on any atom is -0.482 e. The summed E-state index contributed by atoms with van der Waals surface area (Å²) in [6.07, 6.45) is 2.45. The number of aromatic amines is 1. The molecule has 1 heterocycles. The topological polar surface area (TPSA) is 121 Å². The van der Waals surface area contributed by atoms with Crippen LogP contribution in [0.15, 0.2) is 41.8 Å². The minimum absolute atomic E-state index is 0.0521. The van der Waals surface area contributed by atoms with Crippen molar-refractivity contribution in [3.8, 4) is 5.75 Å². The number of hydrogen-bond donors (Lipinski definition) is 3. The number of ether oxygens (including phenoxy) is 1. The molecule has 0 amide bonds. The molecule has 2 aromatic rings. The Morgan fingerprint density at radius 1 is 1.35 bits per heavy atom. The standard InChI is InChI=1S/C11H11N3O5S/c15-11(16)6-19-9-3-1-8(2-4-9)14-20(17,18)10-5-12-7-13-10/h1-5,7,14H,6H2,(H,12,13)(H,15,16). The number of aromatic nitrogens is 2. The van der Waals surface area contributed by atoms with Crippen LogP contribution < -0.4 is 9.46 Å². The molecular weight excluding hydrogens is 286 g/mol. The van der Waals surface area contributed by atoms with Gasteiger partial charge in [-0.15, -0.1) is 0 Å². The van der Waals surface area contributed by atoms with Gasteiger partial charge in [0.15, 0.2) is 11.6 Å². The lowest BCUT2D eigenvalue weighted by atomic mass is 10.3. The number of sulfonamides is 1. The molecule has 106 valence electrons. The third-order valence-electron chi connectivity index (χ3n) is 2.23. The van der Waals surface area contributed by atoms with Crippen LogP contribution in [0.4, 0.5) is 5.69 Å². The van der Waals surface area contributed by atoms with E-state index in [1.54, 1.807) is 0 Å². The van der Waals surface area contributed by atoms with Crippen LogP contribution in [0.3, 0.4) is 0 Å². The fraction of sp³-hybridized carbons (Fsp3) is 0.0909. The van der Waals surface area contributed by atoms with Gasteiger partial charge in [-0.05, 0) is 24.3 Å². The molecule has 9 heteroatoms. The van der Waals surface area contributed by atoms with Crippen LogP contribution in [-0.4, -0.2) is 36.1 Å². The maximum absolute atomic E-state index is 11.9. The molecule has 0 aliphatic heterocycles. The van der Waals surface area contributed by atoms with E-state index in [2.05, 4.69) is 14.7 Å². The fourth-order valence-corrected chi connectivity index (χ4v) is 2.33. The predicted molar refractivity (Wildman–Crippen MR) is 69.0 cm³/mol. The highest BCUT2D eigenvalue weighted by Crippen LogP contribution is 2.18. The average Bonchev–Trinajstić information content (AvgIpc) is 2.92. The van der Waals surface area contributed by atoms with Crippen LogP contribution in [0.5, 0.6) is 5.75 Å². The van der Waals surface area contributed by atoms with Gasteiger partial charge in [-0.3, -0.25) is 4.72 Å². The van der Waals surface area contributed by atoms with Gasteiger partial charge in [0.05, 0.1) is 12.5 Å². The second-order valence-electron chi connectivity index (χ2n) is 3.73. The molecule has 0 fully saturated rings. The van der Waals surface area contributed by atoms with Crippen molar-refractivity contribution in [1.29, 1.82) is 0 Å². The Labute approximate surface area is 114 Å². The summed E-state index contributed by atoms with van der Waals surface area (Å²) in [6.45, 7) is -0.459. The highest BCUT2D eigenvalue weighted by atomic mass is 32.2. The van der Waals surface area contributed by atoms with Gasteiger partial charge in [-0.2, -0.15) is 8.42 Å². The number of nitrogens with zero attached hydrogens (tertiary/aromatic N) is 1. The number of carboxylic acid groups (broad SMARTS) is 1. The van der Waals surface area contributed by atoms with Gasteiger partial charge in [-0.1, -0.05) is 0 Å². The first-order chi connectivity index (χ1) is 9.47. The van der Waals surface area contributed by atoms with E-state index < -0.39 is 22.6 Å². The molecule has 3 N–H and O–H groups in total. The highest BCUT2D eigenvalue weighted by molar-refractivity contribution is 7.92. The summed E-state index contributed by atoms with van der Waals surface area (Å²) in [5.41, 5.74) is 0.322. The second kappa shape index (κ2) is 5.61. The molecule has 0 saturated heterocycles. The van der Waals surface area contributed by atoms with Crippen LogP contribution in [0, 0.1) is 0 Å². The van der Waals surface area contributed by atoms with Crippen molar-refractivity contribution in [2.45, 2.75) is 5.03 Å². The van der Waals surface area contributed by atoms with Crippen molar-refractivity contribution in [1.82, 2.24) is 9.97 Å². The van der Waals surface area contributed by atoms with Gasteiger partial charge in [0, 0.05) is 5.69 Å². The van der Waals surface area contributed by atoms with Gasteiger partial charge in [0.1, 0.15) is 5.75 Å². The lowest BCUT2D eigenvalue weighted by Crippen LogP contribution is -2.13. The Hall–Kier alpha value is -2.55. The van der Waals surface area contributed by atoms with Crippen LogP contribution in [-0.2, 0) is 14.8 Å². The lowest BCUT2D eigenvalue weighted by molar-refractivity contribution is -0.139. The molecule has 0 unspecified atom stereocenters. The SMILES string of the molecule is O=C(O)COc1ccc(NS(=O)(=O)c2cnc[nH]2)cc1. The van der Waals surface area contributed by atoms with Crippen molar-refractivity contribution >= 4 is 21.7 Å². The first kappa shape index (κ1) is 13.9. The number of benzene rings is 1. The van der Waals surface area contributed by atoms with Crippen LogP contribution in [0.2, 0.25) is 0 Å². The molecule has 0 aliphatic rings. The number of hydrogen-bond acceptors (Lipinski definition) is 5. The number of aliphatic carboxylic acids is 1. The second-order valence-corrected chi connectivity index (χ2v) is 5.38. The Kier molecular flexibility index (Phi) is 3.89. The molecule has 0 bridgehead atoms. The third-order valence-corrected chi connectivity index (χ3v) is 3.54. The van der Waals surface area contributed by atoms with E-state index >= 15 is 0 Å². The molecule has 8 nitrogen and oxygen atoms in total. The van der Waals surface area contributed by atoms with Gasteiger partial charge >= 0.3 is 5.97 Å². The summed E-state index contributed by atoms with van der Waals surface area (Å²) in [5.74, 6) is -0.758. The molecule has 0 saturated carbocycles. The van der Waals surface area contributed by atoms with Gasteiger partial charge in [-0.25, -0.2) is 9.78 Å². The minimum atomic E-state index is -3.71. The molecule has 20 heavy (non-hydrogen) atoms. The summed E-state index contributed by atoms with van der Waals surface area (Å²) in [5, 5.41) is 8.41. The van der Waals surface area contributed by atoms with Crippen molar-refractivity contribution in [3.63, 3.8) is 0 Å². The normalized spacial score (nSPS) is 11.0. The number of rotatable bonds is 6. The summed E-state index contributed by atoms with van der Waals surface area (Å²) >= 11 is 0. The van der Waals surface area contributed by atoms with Crippen molar-refractivity contribution in [3.05, 3.63) is 36.8 Å². The van der Waals surface area contributed by atoms with E-state index in [0.29, 0.717) is 11.4 Å². The number of imidazole rings is 1. The Bertz CT molecular complexity index is 679. The third kappa shape index (κ3) is 3.48. The summed E-state index contributed by atoms with van der Waals surface area (Å²) in [6, 6.07) is 5.86. The first-order valence-corrected chi connectivity index (χ1v) is 6.91. The van der Waals surface area contributed by atoms with E-state index in [0.717, 1.165) is 0 Å². The maximum Gasteiger partial charge on any atom is 0.341 e. The number of carboxylic acids is 1. The molecule has 0 atom stereocenters. The Balaban J connectivity index is 2.06. The molecule has 1 aromatic carbocycles. The fourth-order valence-electron chi connectivity index (χ4n) is 1.36. The molecular formula is C11H11N3O5S. The smallest absolute Gasteiger partial charge is 0.341 e. The van der Waals surface area contributed by atoms with E-state index in [-0.39, 0.29) is 5.03 Å². The molecule has 0 spiro atoms. The zero-order valence-electron chi connectivity index (χ0n) is 10.1. The monoisotopic (exact) mass is 297 g/mol. The Morgan fingerprint density at radius 3 is 2.60 bits per heavy atom. The number of nitrogens with one attached hydrogen (secondary N) is 2. The van der Waals surface area contributed by atoms with Crippen LogP contribution in [0.1, 0.15) is 0 Å². The largest absolute Gasteiger partial charge is 0.482 e. The van der Waals surface area contributed by atoms with Gasteiger partial charge < -0.3 is 14.8 Å². The van der Waals surface area contributed by atoms with Gasteiger partial charge in [0.2, 0.25) is 0 Å². The zero-order valence-corrected chi connectivity index (χ0v) is 10.9. The summed E-state index contributed by atoms with van der Waals surface area (Å²) in [7, 11) is -3.71. The zero-order chi connectivity index (χ0) is 14.6. The van der Waals surface area contributed by atoms with Crippen LogP contribution in [0.25, 0.3) is 0 Å². The quantitative estimate of drug-likeness (QED) is 0.720. The first-order valence-electron chi connectivity index (χ1n) is 5.43. The average molecular weight is 297 g/mol. The highest BCUT2D eigenvalue weighted by Gasteiger charge is 2.15. The van der Waals surface area contributed by atoms with Gasteiger partial charge in [0.25, 0.3) is 10.0 Å². The van der Waals surface area contributed by atoms with Crippen LogP contribution >= 0.6 is 0 Å². The van der Waals surface area contributed by atoms with E-state index in [1.165, 1.54) is 36.8 Å². The molecule has 2 rings (SSSR count). The van der Waals surface area contributed by atoms with E-state index in [9.17, 15) is 13.2 Å². The number of anilines is 1. The summed E-state index contributed by atoms with van der Waals surface area (Å²) in [4.78, 5) is 16.5. The number of carbonyl (C=O) groups is 1. The predicted octanol–water partition coefficient (Wildman–Crippen LogP) is 0.674. The van der Waals surface area contributed by atoms with Crippen molar-refractivity contribution in [2.75, 3.05) is 11.3 Å².